The van der Waals surface area contributed by atoms with E-state index in [0.717, 1.165) is 11.6 Å². The molecule has 0 saturated carbocycles. The van der Waals surface area contributed by atoms with Crippen LogP contribution < -0.4 is 10.1 Å². The summed E-state index contributed by atoms with van der Waals surface area (Å²) in [5.74, 6) is -0.279. The monoisotopic (exact) mass is 421 g/mol. The lowest BCUT2D eigenvalue weighted by molar-refractivity contribution is -0.141. The zero-order valence-electron chi connectivity index (χ0n) is 16.0. The van der Waals surface area contributed by atoms with Gasteiger partial charge in [0.15, 0.2) is 5.69 Å². The normalized spacial score (nSPS) is 11.4. The maximum absolute atomic E-state index is 13.2. The fourth-order valence-corrected chi connectivity index (χ4v) is 2.86. The largest absolute Gasteiger partial charge is 0.497 e. The molecule has 1 aromatic heterocycles. The van der Waals surface area contributed by atoms with Crippen molar-refractivity contribution in [3.8, 4) is 5.75 Å². The molecule has 0 aliphatic heterocycles. The van der Waals surface area contributed by atoms with E-state index in [1.807, 2.05) is 0 Å². The molecule has 158 valence electrons. The average molecular weight is 421 g/mol. The number of rotatable bonds is 7. The van der Waals surface area contributed by atoms with Crippen LogP contribution in [0.5, 0.6) is 5.75 Å². The molecule has 0 bridgehead atoms. The van der Waals surface area contributed by atoms with Gasteiger partial charge in [-0.25, -0.2) is 4.39 Å². The molecule has 0 fully saturated rings. The number of carbonyl (C=O) groups is 1. The minimum atomic E-state index is -4.61. The molecule has 5 nitrogen and oxygen atoms in total. The quantitative estimate of drug-likeness (QED) is 0.588. The van der Waals surface area contributed by atoms with E-state index in [-0.39, 0.29) is 25.2 Å². The molecule has 30 heavy (non-hydrogen) atoms. The van der Waals surface area contributed by atoms with E-state index < -0.39 is 23.6 Å². The predicted octanol–water partition coefficient (Wildman–Crippen LogP) is 3.96. The summed E-state index contributed by atoms with van der Waals surface area (Å²) in [5, 5.41) is 6.22. The zero-order valence-corrected chi connectivity index (χ0v) is 16.0. The summed E-state index contributed by atoms with van der Waals surface area (Å²) in [6.45, 7) is -0.0530. The third-order valence-corrected chi connectivity index (χ3v) is 4.37. The van der Waals surface area contributed by atoms with Crippen molar-refractivity contribution in [3.63, 3.8) is 0 Å². The molecular weight excluding hydrogens is 402 g/mol. The molecule has 2 aromatic carbocycles. The molecule has 0 spiro atoms. The predicted molar refractivity (Wildman–Crippen MR) is 101 cm³/mol. The molecule has 1 amide bonds. The number of hydrogen-bond donors (Lipinski definition) is 1. The Hall–Kier alpha value is -3.36. The Balaban J connectivity index is 1.73. The van der Waals surface area contributed by atoms with Gasteiger partial charge < -0.3 is 10.1 Å². The number of nitrogens with one attached hydrogen (secondary N) is 1. The van der Waals surface area contributed by atoms with Gasteiger partial charge in [0.25, 0.3) is 0 Å². The molecule has 0 radical (unpaired) electrons. The zero-order chi connectivity index (χ0) is 21.7. The summed E-state index contributed by atoms with van der Waals surface area (Å²) < 4.78 is 58.9. The fourth-order valence-electron chi connectivity index (χ4n) is 2.86. The van der Waals surface area contributed by atoms with Crippen LogP contribution >= 0.6 is 0 Å². The van der Waals surface area contributed by atoms with Crippen LogP contribution in [0.2, 0.25) is 0 Å². The number of hydrogen-bond acceptors (Lipinski definition) is 3. The summed E-state index contributed by atoms with van der Waals surface area (Å²) in [5.41, 5.74) is 0.353. The van der Waals surface area contributed by atoms with Crippen molar-refractivity contribution in [2.45, 2.75) is 25.7 Å². The van der Waals surface area contributed by atoms with Crippen LogP contribution in [0.4, 0.5) is 17.6 Å². The lowest BCUT2D eigenvalue weighted by Gasteiger charge is -2.10. The topological polar surface area (TPSA) is 56.1 Å². The fraction of sp³-hybridized carbons (Fsp3) is 0.238. The van der Waals surface area contributed by atoms with Crippen LogP contribution in [0.25, 0.3) is 0 Å². The summed E-state index contributed by atoms with van der Waals surface area (Å²) in [7, 11) is 1.52. The number of nitrogens with zero attached hydrogens (tertiary/aromatic N) is 2. The maximum Gasteiger partial charge on any atom is 0.435 e. The maximum atomic E-state index is 13.2. The van der Waals surface area contributed by atoms with Gasteiger partial charge in [0.05, 0.1) is 32.3 Å². The van der Waals surface area contributed by atoms with Crippen molar-refractivity contribution in [1.82, 2.24) is 15.1 Å². The molecular formula is C21H19F4N3O2. The number of alkyl halides is 3. The smallest absolute Gasteiger partial charge is 0.435 e. The Morgan fingerprint density at radius 1 is 1.10 bits per heavy atom. The Morgan fingerprint density at radius 3 is 2.47 bits per heavy atom. The van der Waals surface area contributed by atoms with E-state index >= 15 is 0 Å². The molecule has 0 aliphatic carbocycles. The lowest BCUT2D eigenvalue weighted by atomic mass is 10.1. The molecule has 0 aliphatic rings. The molecule has 0 saturated heterocycles. The first-order chi connectivity index (χ1) is 14.2. The molecule has 3 aromatic rings. The molecule has 0 atom stereocenters. The summed E-state index contributed by atoms with van der Waals surface area (Å²) in [6, 6.07) is 13.3. The molecule has 0 unspecified atom stereocenters. The van der Waals surface area contributed by atoms with Gasteiger partial charge in [0.1, 0.15) is 11.6 Å². The second-order valence-electron chi connectivity index (χ2n) is 6.61. The molecule has 1 N–H and O–H groups in total. The van der Waals surface area contributed by atoms with Crippen molar-refractivity contribution in [2.75, 3.05) is 7.11 Å². The van der Waals surface area contributed by atoms with Crippen molar-refractivity contribution < 1.29 is 27.1 Å². The van der Waals surface area contributed by atoms with Gasteiger partial charge in [-0.2, -0.15) is 18.3 Å². The van der Waals surface area contributed by atoms with E-state index in [9.17, 15) is 22.4 Å². The summed E-state index contributed by atoms with van der Waals surface area (Å²) >= 11 is 0. The van der Waals surface area contributed by atoms with E-state index in [2.05, 4.69) is 10.4 Å². The van der Waals surface area contributed by atoms with Gasteiger partial charge in [-0.05, 0) is 41.5 Å². The Morgan fingerprint density at radius 2 is 1.83 bits per heavy atom. The second kappa shape index (κ2) is 8.98. The highest BCUT2D eigenvalue weighted by Crippen LogP contribution is 2.29. The molecule has 1 heterocycles. The summed E-state index contributed by atoms with van der Waals surface area (Å²) in [6.07, 6.45) is -4.69. The summed E-state index contributed by atoms with van der Waals surface area (Å²) in [4.78, 5) is 12.1. The number of methoxy groups -OCH3 is 1. The number of carbonyl (C=O) groups excluding carboxylic acids is 1. The third-order valence-electron chi connectivity index (χ3n) is 4.37. The second-order valence-corrected chi connectivity index (χ2v) is 6.61. The van der Waals surface area contributed by atoms with Crippen molar-refractivity contribution >= 4 is 5.91 Å². The number of ether oxygens (including phenoxy) is 1. The third kappa shape index (κ3) is 5.59. The molecule has 9 heteroatoms. The SMILES string of the molecule is COc1ccc(Cn2nc(C(F)(F)F)cc2CNC(=O)Cc2cccc(F)c2)cc1. The first-order valence-corrected chi connectivity index (χ1v) is 9.02. The number of benzene rings is 2. The van der Waals surface area contributed by atoms with Crippen molar-refractivity contribution in [2.24, 2.45) is 0 Å². The van der Waals surface area contributed by atoms with Gasteiger partial charge in [0, 0.05) is 0 Å². The van der Waals surface area contributed by atoms with Gasteiger partial charge in [-0.15, -0.1) is 0 Å². The Labute approximate surface area is 170 Å². The van der Waals surface area contributed by atoms with Crippen LogP contribution in [-0.2, 0) is 30.5 Å². The minimum Gasteiger partial charge on any atom is -0.497 e. The van der Waals surface area contributed by atoms with Crippen LogP contribution in [-0.4, -0.2) is 22.8 Å². The number of amides is 1. The highest BCUT2D eigenvalue weighted by Gasteiger charge is 2.34. The van der Waals surface area contributed by atoms with Crippen LogP contribution in [0.1, 0.15) is 22.5 Å². The van der Waals surface area contributed by atoms with Crippen LogP contribution in [0, 0.1) is 5.82 Å². The standard InChI is InChI=1S/C21H19F4N3O2/c1-30-18-7-5-14(6-8-18)13-28-17(11-19(27-28)21(23,24)25)12-26-20(29)10-15-3-2-4-16(22)9-15/h2-9,11H,10,12-13H2,1H3,(H,26,29). The van der Waals surface area contributed by atoms with Crippen LogP contribution in [0.3, 0.4) is 0 Å². The first kappa shape index (κ1) is 21.4. The van der Waals surface area contributed by atoms with Gasteiger partial charge in [-0.3, -0.25) is 9.48 Å². The first-order valence-electron chi connectivity index (χ1n) is 9.02. The van der Waals surface area contributed by atoms with Crippen molar-refractivity contribution in [1.29, 1.82) is 0 Å². The highest BCUT2D eigenvalue weighted by atomic mass is 19.4. The van der Waals surface area contributed by atoms with Crippen LogP contribution in [0.15, 0.2) is 54.6 Å². The lowest BCUT2D eigenvalue weighted by Crippen LogP contribution is -2.26. The minimum absolute atomic E-state index is 0.0868. The van der Waals surface area contributed by atoms with E-state index in [1.165, 1.54) is 30.0 Å². The number of aromatic nitrogens is 2. The Kier molecular flexibility index (Phi) is 6.39. The number of halogens is 4. The van der Waals surface area contributed by atoms with Gasteiger partial charge >= 0.3 is 6.18 Å². The van der Waals surface area contributed by atoms with E-state index in [4.69, 9.17) is 4.74 Å². The van der Waals surface area contributed by atoms with Gasteiger partial charge in [-0.1, -0.05) is 24.3 Å². The average Bonchev–Trinajstić information content (AvgIpc) is 3.10. The van der Waals surface area contributed by atoms with Gasteiger partial charge in [0.2, 0.25) is 5.91 Å². The van der Waals surface area contributed by atoms with E-state index in [1.54, 1.807) is 30.3 Å². The van der Waals surface area contributed by atoms with Crippen molar-refractivity contribution in [3.05, 3.63) is 82.9 Å². The highest BCUT2D eigenvalue weighted by molar-refractivity contribution is 5.78. The Bertz CT molecular complexity index is 1010. The molecule has 3 rings (SSSR count). The van der Waals surface area contributed by atoms with E-state index in [0.29, 0.717) is 11.3 Å².